The first kappa shape index (κ1) is 17.7. The third-order valence-corrected chi connectivity index (χ3v) is 6.04. The van der Waals surface area contributed by atoms with E-state index in [1.165, 1.54) is 5.56 Å². The molecule has 1 aliphatic heterocycles. The summed E-state index contributed by atoms with van der Waals surface area (Å²) >= 11 is 0. The largest absolute Gasteiger partial charge is 0.350 e. The van der Waals surface area contributed by atoms with E-state index in [4.69, 9.17) is 0 Å². The highest BCUT2D eigenvalue weighted by atomic mass is 32.2. The lowest BCUT2D eigenvalue weighted by atomic mass is 10.0. The normalized spacial score (nSPS) is 19.1. The van der Waals surface area contributed by atoms with E-state index in [1.54, 1.807) is 0 Å². The fourth-order valence-corrected chi connectivity index (χ4v) is 4.56. The van der Waals surface area contributed by atoms with Gasteiger partial charge in [0.25, 0.3) is 0 Å². The monoisotopic (exact) mass is 360 g/mol. The Kier molecular flexibility index (Phi) is 4.94. The fourth-order valence-electron chi connectivity index (χ4n) is 2.89. The maximum atomic E-state index is 11.6. The predicted molar refractivity (Wildman–Crippen MR) is 101 cm³/mol. The minimum absolute atomic E-state index is 0.120. The molecular formula is C18H24N4O2S. The molecule has 6 nitrogen and oxygen atoms in total. The van der Waals surface area contributed by atoms with Gasteiger partial charge >= 0.3 is 0 Å². The highest BCUT2D eigenvalue weighted by molar-refractivity contribution is 7.91. The number of nitrogens with zero attached hydrogens (tertiary/aromatic N) is 2. The molecule has 2 heterocycles. The quantitative estimate of drug-likeness (QED) is 0.851. The topological polar surface area (TPSA) is 84.0 Å². The summed E-state index contributed by atoms with van der Waals surface area (Å²) in [5.41, 5.74) is 3.06. The number of nitrogens with one attached hydrogen (secondary N) is 2. The second-order valence-electron chi connectivity index (χ2n) is 6.86. The van der Waals surface area contributed by atoms with Crippen molar-refractivity contribution in [3.63, 3.8) is 0 Å². The Morgan fingerprint density at radius 3 is 2.48 bits per heavy atom. The highest BCUT2D eigenvalue weighted by Crippen LogP contribution is 2.21. The molecule has 0 saturated carbocycles. The first-order valence-corrected chi connectivity index (χ1v) is 10.3. The molecule has 134 valence electrons. The maximum absolute atomic E-state index is 11.6. The number of sulfone groups is 1. The molecule has 1 aliphatic rings. The molecule has 1 atom stereocenters. The van der Waals surface area contributed by atoms with Gasteiger partial charge in [0.15, 0.2) is 9.84 Å². The molecule has 0 radical (unpaired) electrons. The molecule has 1 saturated heterocycles. The zero-order valence-corrected chi connectivity index (χ0v) is 15.6. The minimum Gasteiger partial charge on any atom is -0.350 e. The van der Waals surface area contributed by atoms with Crippen LogP contribution in [0.25, 0.3) is 0 Å². The molecule has 2 aromatic rings. The van der Waals surface area contributed by atoms with Gasteiger partial charge in [0.05, 0.1) is 11.5 Å². The highest BCUT2D eigenvalue weighted by Gasteiger charge is 2.28. The third-order valence-electron chi connectivity index (χ3n) is 4.27. The molecule has 1 unspecified atom stereocenters. The van der Waals surface area contributed by atoms with Crippen LogP contribution in [0.2, 0.25) is 0 Å². The van der Waals surface area contributed by atoms with Gasteiger partial charge in [-0.3, -0.25) is 0 Å². The van der Waals surface area contributed by atoms with Gasteiger partial charge in [-0.15, -0.1) is 0 Å². The number of anilines is 3. The Labute approximate surface area is 149 Å². The summed E-state index contributed by atoms with van der Waals surface area (Å²) in [5, 5.41) is 6.43. The summed E-state index contributed by atoms with van der Waals surface area (Å²) in [7, 11) is -2.93. The molecular weight excluding hydrogens is 336 g/mol. The standard InChI is InChI=1S/C18H24N4O2S/c1-12(2)14-4-6-15(7-5-14)20-17-10-13(3)19-18(22-17)21-16-8-9-25(23,24)11-16/h4-7,10,12,16H,8-9,11H2,1-3H3,(H2,19,20,21,22). The molecule has 1 aromatic heterocycles. The van der Waals surface area contributed by atoms with Crippen molar-refractivity contribution in [3.8, 4) is 0 Å². The van der Waals surface area contributed by atoms with E-state index in [2.05, 4.69) is 46.6 Å². The summed E-state index contributed by atoms with van der Waals surface area (Å²) in [4.78, 5) is 8.84. The van der Waals surface area contributed by atoms with E-state index in [-0.39, 0.29) is 17.5 Å². The fraction of sp³-hybridized carbons (Fsp3) is 0.444. The first-order chi connectivity index (χ1) is 11.8. The van der Waals surface area contributed by atoms with E-state index < -0.39 is 9.84 Å². The van der Waals surface area contributed by atoms with Gasteiger partial charge < -0.3 is 10.6 Å². The van der Waals surface area contributed by atoms with Crippen LogP contribution in [-0.4, -0.2) is 35.9 Å². The van der Waals surface area contributed by atoms with Crippen LogP contribution in [0.15, 0.2) is 30.3 Å². The molecule has 1 aromatic carbocycles. The van der Waals surface area contributed by atoms with Crippen molar-refractivity contribution in [1.29, 1.82) is 0 Å². The van der Waals surface area contributed by atoms with Crippen LogP contribution in [-0.2, 0) is 9.84 Å². The summed E-state index contributed by atoms with van der Waals surface area (Å²) in [6.45, 7) is 6.22. The van der Waals surface area contributed by atoms with Gasteiger partial charge in [-0.25, -0.2) is 13.4 Å². The first-order valence-electron chi connectivity index (χ1n) is 8.50. The zero-order chi connectivity index (χ0) is 18.0. The van der Waals surface area contributed by atoms with Gasteiger partial charge in [0.2, 0.25) is 5.95 Å². The summed E-state index contributed by atoms with van der Waals surface area (Å²) < 4.78 is 23.2. The van der Waals surface area contributed by atoms with Crippen molar-refractivity contribution in [2.45, 2.75) is 39.2 Å². The van der Waals surface area contributed by atoms with Gasteiger partial charge in [-0.1, -0.05) is 26.0 Å². The van der Waals surface area contributed by atoms with Crippen LogP contribution in [0.4, 0.5) is 17.5 Å². The van der Waals surface area contributed by atoms with Crippen molar-refractivity contribution >= 4 is 27.3 Å². The average molecular weight is 360 g/mol. The minimum atomic E-state index is -2.93. The van der Waals surface area contributed by atoms with E-state index in [0.29, 0.717) is 24.1 Å². The van der Waals surface area contributed by atoms with E-state index in [1.807, 2.05) is 25.1 Å². The van der Waals surface area contributed by atoms with Crippen LogP contribution in [0.3, 0.4) is 0 Å². The lowest BCUT2D eigenvalue weighted by molar-refractivity contribution is 0.602. The van der Waals surface area contributed by atoms with Crippen molar-refractivity contribution < 1.29 is 8.42 Å². The number of rotatable bonds is 5. The van der Waals surface area contributed by atoms with Gasteiger partial charge in [-0.05, 0) is 37.0 Å². The average Bonchev–Trinajstić information content (AvgIpc) is 2.86. The Bertz CT molecular complexity index is 848. The molecule has 2 N–H and O–H groups in total. The van der Waals surface area contributed by atoms with Crippen LogP contribution in [0.1, 0.15) is 37.4 Å². The second kappa shape index (κ2) is 7.00. The van der Waals surface area contributed by atoms with Crippen molar-refractivity contribution in [3.05, 3.63) is 41.6 Å². The Morgan fingerprint density at radius 1 is 1.16 bits per heavy atom. The van der Waals surface area contributed by atoms with Crippen molar-refractivity contribution in [2.24, 2.45) is 0 Å². The number of aromatic nitrogens is 2. The summed E-state index contributed by atoms with van der Waals surface area (Å²) in [6, 6.07) is 10.0. The third kappa shape index (κ3) is 4.69. The molecule has 0 amide bonds. The molecule has 25 heavy (non-hydrogen) atoms. The van der Waals surface area contributed by atoms with Gasteiger partial charge in [0, 0.05) is 23.5 Å². The second-order valence-corrected chi connectivity index (χ2v) is 9.09. The molecule has 1 fully saturated rings. The van der Waals surface area contributed by atoms with Crippen molar-refractivity contribution in [2.75, 3.05) is 22.1 Å². The number of hydrogen-bond donors (Lipinski definition) is 2. The van der Waals surface area contributed by atoms with Gasteiger partial charge in [0.1, 0.15) is 5.82 Å². The molecule has 0 aliphatic carbocycles. The Balaban J connectivity index is 1.73. The summed E-state index contributed by atoms with van der Waals surface area (Å²) in [6.07, 6.45) is 0.596. The van der Waals surface area contributed by atoms with E-state index >= 15 is 0 Å². The lowest BCUT2D eigenvalue weighted by Gasteiger charge is -2.13. The zero-order valence-electron chi connectivity index (χ0n) is 14.8. The van der Waals surface area contributed by atoms with E-state index in [0.717, 1.165) is 11.4 Å². The molecule has 0 spiro atoms. The number of benzene rings is 1. The smallest absolute Gasteiger partial charge is 0.225 e. The van der Waals surface area contributed by atoms with Crippen LogP contribution in [0, 0.1) is 6.92 Å². The number of hydrogen-bond acceptors (Lipinski definition) is 6. The van der Waals surface area contributed by atoms with Crippen LogP contribution < -0.4 is 10.6 Å². The van der Waals surface area contributed by atoms with Crippen LogP contribution >= 0.6 is 0 Å². The maximum Gasteiger partial charge on any atom is 0.225 e. The predicted octanol–water partition coefficient (Wildman–Crippen LogP) is 3.25. The van der Waals surface area contributed by atoms with Crippen molar-refractivity contribution in [1.82, 2.24) is 9.97 Å². The SMILES string of the molecule is Cc1cc(Nc2ccc(C(C)C)cc2)nc(NC2CCS(=O)(=O)C2)n1. The van der Waals surface area contributed by atoms with E-state index in [9.17, 15) is 8.42 Å². The Morgan fingerprint density at radius 2 is 1.88 bits per heavy atom. The number of aryl methyl sites for hydroxylation is 1. The van der Waals surface area contributed by atoms with Crippen LogP contribution in [0.5, 0.6) is 0 Å². The molecule has 7 heteroatoms. The van der Waals surface area contributed by atoms with Gasteiger partial charge in [-0.2, -0.15) is 4.98 Å². The Hall–Kier alpha value is -2.15. The lowest BCUT2D eigenvalue weighted by Crippen LogP contribution is -2.22. The summed E-state index contributed by atoms with van der Waals surface area (Å²) in [5.74, 6) is 2.01. The molecule has 3 rings (SSSR count). The molecule has 0 bridgehead atoms.